The molecule has 0 aromatic heterocycles. The number of carbonyl (C=O) groups is 2. The van der Waals surface area contributed by atoms with E-state index in [2.05, 4.69) is 12.2 Å². The molecule has 6 nitrogen and oxygen atoms in total. The lowest BCUT2D eigenvalue weighted by molar-refractivity contribution is -0.119. The molecule has 1 aliphatic rings. The van der Waals surface area contributed by atoms with Gasteiger partial charge in [0.2, 0.25) is 0 Å². The second-order valence-electron chi connectivity index (χ2n) is 7.11. The van der Waals surface area contributed by atoms with E-state index in [9.17, 15) is 9.59 Å². The number of hydrogen-bond acceptors (Lipinski definition) is 4. The normalized spacial score (nSPS) is 15.3. The van der Waals surface area contributed by atoms with Crippen molar-refractivity contribution in [3.8, 4) is 5.75 Å². The van der Waals surface area contributed by atoms with Gasteiger partial charge in [-0.3, -0.25) is 14.5 Å². The number of ether oxygens (including phenoxy) is 1. The summed E-state index contributed by atoms with van der Waals surface area (Å²) in [6, 6.07) is 22.8. The fourth-order valence-electron chi connectivity index (χ4n) is 3.55. The van der Waals surface area contributed by atoms with Crippen LogP contribution in [0, 0.1) is 0 Å². The van der Waals surface area contributed by atoms with Crippen LogP contribution in [0.5, 0.6) is 5.75 Å². The highest BCUT2D eigenvalue weighted by Gasteiger charge is 2.33. The van der Waals surface area contributed by atoms with Crippen molar-refractivity contribution < 1.29 is 14.3 Å². The average molecular weight is 401 g/mol. The van der Waals surface area contributed by atoms with E-state index in [0.29, 0.717) is 11.3 Å². The smallest absolute Gasteiger partial charge is 0.262 e. The standard InChI is InChI=1S/C24H23N3O3/c1-2-16-7-11-18(12-8-16)27-23(26-21-6-4-3-5-20(21)24(27)29)17-9-13-19(14-10-17)30-15-22(25)28/h3-14,23,26H,2,15H2,1H3,(H2,25,28)/t23-/m0/s1. The maximum Gasteiger partial charge on any atom is 0.262 e. The Hall–Kier alpha value is -3.80. The van der Waals surface area contributed by atoms with Gasteiger partial charge in [0, 0.05) is 11.4 Å². The van der Waals surface area contributed by atoms with Gasteiger partial charge in [-0.2, -0.15) is 0 Å². The molecule has 3 aromatic rings. The number of nitrogens with zero attached hydrogens (tertiary/aromatic N) is 1. The first-order valence-corrected chi connectivity index (χ1v) is 9.86. The molecule has 1 aliphatic heterocycles. The van der Waals surface area contributed by atoms with Crippen LogP contribution in [0.2, 0.25) is 0 Å². The monoisotopic (exact) mass is 401 g/mol. The molecule has 2 amide bonds. The van der Waals surface area contributed by atoms with Gasteiger partial charge in [0.05, 0.1) is 5.56 Å². The quantitative estimate of drug-likeness (QED) is 0.656. The van der Waals surface area contributed by atoms with Gasteiger partial charge in [-0.05, 0) is 53.9 Å². The molecule has 0 bridgehead atoms. The fraction of sp³-hybridized carbons (Fsp3) is 0.167. The van der Waals surface area contributed by atoms with Crippen molar-refractivity contribution in [2.75, 3.05) is 16.8 Å². The summed E-state index contributed by atoms with van der Waals surface area (Å²) in [5, 5.41) is 3.48. The molecule has 4 rings (SSSR count). The van der Waals surface area contributed by atoms with Gasteiger partial charge in [0.15, 0.2) is 6.61 Å². The number of nitrogens with one attached hydrogen (secondary N) is 1. The molecule has 0 saturated heterocycles. The molecule has 1 atom stereocenters. The van der Waals surface area contributed by atoms with Crippen molar-refractivity contribution in [3.63, 3.8) is 0 Å². The van der Waals surface area contributed by atoms with Crippen LogP contribution >= 0.6 is 0 Å². The second kappa shape index (κ2) is 8.29. The third-order valence-corrected chi connectivity index (χ3v) is 5.13. The Kier molecular flexibility index (Phi) is 5.39. The molecule has 30 heavy (non-hydrogen) atoms. The van der Waals surface area contributed by atoms with E-state index >= 15 is 0 Å². The Morgan fingerprint density at radius 1 is 1.03 bits per heavy atom. The third-order valence-electron chi connectivity index (χ3n) is 5.13. The van der Waals surface area contributed by atoms with Crippen molar-refractivity contribution in [2.45, 2.75) is 19.5 Å². The lowest BCUT2D eigenvalue weighted by atomic mass is 10.0. The number of rotatable bonds is 6. The van der Waals surface area contributed by atoms with Crippen LogP contribution in [-0.4, -0.2) is 18.4 Å². The maximum atomic E-state index is 13.4. The van der Waals surface area contributed by atoms with Crippen LogP contribution in [0.25, 0.3) is 0 Å². The number of primary amides is 1. The van der Waals surface area contributed by atoms with Crippen molar-refractivity contribution >= 4 is 23.2 Å². The summed E-state index contributed by atoms with van der Waals surface area (Å²) < 4.78 is 5.35. The highest BCUT2D eigenvalue weighted by Crippen LogP contribution is 2.37. The van der Waals surface area contributed by atoms with Crippen molar-refractivity contribution in [3.05, 3.63) is 89.5 Å². The van der Waals surface area contributed by atoms with Gasteiger partial charge >= 0.3 is 0 Å². The lowest BCUT2D eigenvalue weighted by Gasteiger charge is -2.38. The van der Waals surface area contributed by atoms with Crippen LogP contribution in [-0.2, 0) is 11.2 Å². The number of nitrogens with two attached hydrogens (primary N) is 1. The molecule has 0 fully saturated rings. The molecule has 1 heterocycles. The summed E-state index contributed by atoms with van der Waals surface area (Å²) in [6.07, 6.45) is 0.552. The molecule has 3 N–H and O–H groups in total. The maximum absolute atomic E-state index is 13.4. The Morgan fingerprint density at radius 3 is 2.40 bits per heavy atom. The Morgan fingerprint density at radius 2 is 1.73 bits per heavy atom. The number of anilines is 2. The van der Waals surface area contributed by atoms with Gasteiger partial charge < -0.3 is 15.8 Å². The number of benzene rings is 3. The van der Waals surface area contributed by atoms with Crippen LogP contribution in [0.4, 0.5) is 11.4 Å². The van der Waals surface area contributed by atoms with Crippen LogP contribution < -0.4 is 20.7 Å². The zero-order chi connectivity index (χ0) is 21.1. The van der Waals surface area contributed by atoms with Crippen molar-refractivity contribution in [1.82, 2.24) is 0 Å². The first-order chi connectivity index (χ1) is 14.6. The third kappa shape index (κ3) is 3.85. The summed E-state index contributed by atoms with van der Waals surface area (Å²) in [6.45, 7) is 1.92. The molecular weight excluding hydrogens is 378 g/mol. The van der Waals surface area contributed by atoms with Gasteiger partial charge in [0.1, 0.15) is 11.9 Å². The van der Waals surface area contributed by atoms with E-state index < -0.39 is 5.91 Å². The van der Waals surface area contributed by atoms with Gasteiger partial charge in [-0.25, -0.2) is 0 Å². The number of aryl methyl sites for hydroxylation is 1. The SMILES string of the molecule is CCc1ccc(N2C(=O)c3ccccc3N[C@@H]2c2ccc(OCC(N)=O)cc2)cc1. The molecule has 0 saturated carbocycles. The number of carbonyl (C=O) groups excluding carboxylic acids is 2. The summed E-state index contributed by atoms with van der Waals surface area (Å²) in [7, 11) is 0. The van der Waals surface area contributed by atoms with Gasteiger partial charge in [0.25, 0.3) is 11.8 Å². The molecule has 0 radical (unpaired) electrons. The molecule has 0 spiro atoms. The number of fused-ring (bicyclic) bond motifs is 1. The second-order valence-corrected chi connectivity index (χ2v) is 7.11. The number of amides is 2. The van der Waals surface area contributed by atoms with E-state index in [1.807, 2.05) is 60.7 Å². The zero-order valence-electron chi connectivity index (χ0n) is 16.7. The fourth-order valence-corrected chi connectivity index (χ4v) is 3.55. The molecule has 152 valence electrons. The van der Waals surface area contributed by atoms with Crippen molar-refractivity contribution in [1.29, 1.82) is 0 Å². The van der Waals surface area contributed by atoms with Crippen LogP contribution in [0.3, 0.4) is 0 Å². The first kappa shape index (κ1) is 19.5. The topological polar surface area (TPSA) is 84.7 Å². The largest absolute Gasteiger partial charge is 0.484 e. The Labute approximate surface area is 175 Å². The molecule has 6 heteroatoms. The predicted octanol–water partition coefficient (Wildman–Crippen LogP) is 3.88. The summed E-state index contributed by atoms with van der Waals surface area (Å²) in [4.78, 5) is 26.1. The van der Waals surface area contributed by atoms with Crippen molar-refractivity contribution in [2.24, 2.45) is 5.73 Å². The Balaban J connectivity index is 1.71. The minimum Gasteiger partial charge on any atom is -0.484 e. The molecular formula is C24H23N3O3. The van der Waals surface area contributed by atoms with Gasteiger partial charge in [-0.15, -0.1) is 0 Å². The average Bonchev–Trinajstić information content (AvgIpc) is 2.78. The summed E-state index contributed by atoms with van der Waals surface area (Å²) >= 11 is 0. The van der Waals surface area contributed by atoms with Crippen LogP contribution in [0.15, 0.2) is 72.8 Å². The summed E-state index contributed by atoms with van der Waals surface area (Å²) in [5.74, 6) is -0.0523. The van der Waals surface area contributed by atoms with Crippen LogP contribution in [0.1, 0.15) is 34.6 Å². The number of hydrogen-bond donors (Lipinski definition) is 2. The Bertz CT molecular complexity index is 1060. The highest BCUT2D eigenvalue weighted by atomic mass is 16.5. The van der Waals surface area contributed by atoms with E-state index in [-0.39, 0.29) is 18.7 Å². The molecule has 3 aromatic carbocycles. The highest BCUT2D eigenvalue weighted by molar-refractivity contribution is 6.12. The number of para-hydroxylation sites is 1. The first-order valence-electron chi connectivity index (χ1n) is 9.86. The minimum absolute atomic E-state index is 0.0624. The molecule has 0 unspecified atom stereocenters. The molecule has 0 aliphatic carbocycles. The lowest BCUT2D eigenvalue weighted by Crippen LogP contribution is -2.43. The minimum atomic E-state index is -0.531. The van der Waals surface area contributed by atoms with E-state index in [0.717, 1.165) is 23.4 Å². The zero-order valence-corrected chi connectivity index (χ0v) is 16.7. The van der Waals surface area contributed by atoms with E-state index in [1.54, 1.807) is 17.0 Å². The van der Waals surface area contributed by atoms with E-state index in [1.165, 1.54) is 5.56 Å². The summed E-state index contributed by atoms with van der Waals surface area (Å²) in [5.41, 5.74) is 9.48. The predicted molar refractivity (Wildman–Crippen MR) is 117 cm³/mol. The van der Waals surface area contributed by atoms with Gasteiger partial charge in [-0.1, -0.05) is 43.3 Å². The van der Waals surface area contributed by atoms with E-state index in [4.69, 9.17) is 10.5 Å².